The first-order valence-electron chi connectivity index (χ1n) is 6.06. The van der Waals surface area contributed by atoms with Crippen LogP contribution in [0.3, 0.4) is 0 Å². The summed E-state index contributed by atoms with van der Waals surface area (Å²) in [5.74, 6) is 0.533. The monoisotopic (exact) mass is 357 g/mol. The molecule has 1 heterocycles. The lowest BCUT2D eigenvalue weighted by molar-refractivity contribution is 0.0420. The highest BCUT2D eigenvalue weighted by Gasteiger charge is 2.15. The normalized spacial score (nSPS) is 20.1. The number of nitrogens with one attached hydrogen (secondary N) is 1. The Hall–Kier alpha value is -0.0800. The third kappa shape index (κ3) is 8.62. The van der Waals surface area contributed by atoms with Gasteiger partial charge in [-0.1, -0.05) is 6.92 Å². The Kier molecular flexibility index (Phi) is 11.0. The number of nitrogens with two attached hydrogens (primary N) is 1. The van der Waals surface area contributed by atoms with Gasteiger partial charge < -0.3 is 20.5 Å². The maximum absolute atomic E-state index is 5.64. The highest BCUT2D eigenvalue weighted by molar-refractivity contribution is 14.0. The Balaban J connectivity index is 0.00000256. The van der Waals surface area contributed by atoms with E-state index in [0.29, 0.717) is 12.1 Å². The Morgan fingerprint density at radius 2 is 2.41 bits per heavy atom. The van der Waals surface area contributed by atoms with Crippen LogP contribution in [0.5, 0.6) is 0 Å². The largest absolute Gasteiger partial charge is 0.379 e. The molecule has 0 aromatic heterocycles. The first-order valence-corrected chi connectivity index (χ1v) is 6.06. The van der Waals surface area contributed by atoms with Gasteiger partial charge in [-0.05, 0) is 19.3 Å². The number of aliphatic imine (C=N–C) groups is 1. The van der Waals surface area contributed by atoms with E-state index < -0.39 is 0 Å². The molecule has 6 heteroatoms. The number of halogens is 1. The molecule has 1 saturated heterocycles. The lowest BCUT2D eigenvalue weighted by Crippen LogP contribution is -2.33. The van der Waals surface area contributed by atoms with Crippen molar-refractivity contribution in [3.8, 4) is 0 Å². The molecule has 1 aliphatic heterocycles. The first-order chi connectivity index (χ1) is 7.83. The second-order valence-electron chi connectivity index (χ2n) is 3.90. The minimum absolute atomic E-state index is 0. The van der Waals surface area contributed by atoms with Crippen molar-refractivity contribution < 1.29 is 9.47 Å². The zero-order valence-corrected chi connectivity index (χ0v) is 12.8. The molecular formula is C11H24IN3O2. The first kappa shape index (κ1) is 16.9. The standard InChI is InChI=1S/C11H23N3O2.HI/c1-2-5-13-11(12)14-6-3-7-16-10-4-8-15-9-10;/h10H,2-9H2,1H3,(H3,12,13,14);1H. The lowest BCUT2D eigenvalue weighted by atomic mass is 10.3. The van der Waals surface area contributed by atoms with Gasteiger partial charge in [-0.25, -0.2) is 0 Å². The topological polar surface area (TPSA) is 68.9 Å². The van der Waals surface area contributed by atoms with E-state index in [1.165, 1.54) is 0 Å². The molecule has 0 bridgehead atoms. The van der Waals surface area contributed by atoms with Gasteiger partial charge in [0.2, 0.25) is 0 Å². The van der Waals surface area contributed by atoms with E-state index in [2.05, 4.69) is 17.2 Å². The van der Waals surface area contributed by atoms with Gasteiger partial charge in [-0.15, -0.1) is 24.0 Å². The van der Waals surface area contributed by atoms with Crippen molar-refractivity contribution in [3.05, 3.63) is 0 Å². The van der Waals surface area contributed by atoms with E-state index >= 15 is 0 Å². The number of rotatable bonds is 7. The summed E-state index contributed by atoms with van der Waals surface area (Å²) in [6.07, 6.45) is 3.28. The summed E-state index contributed by atoms with van der Waals surface area (Å²) in [6.45, 7) is 6.00. The molecule has 0 amide bonds. The number of guanidine groups is 1. The molecule has 0 aromatic rings. The molecule has 1 atom stereocenters. The van der Waals surface area contributed by atoms with Crippen LogP contribution in [-0.4, -0.2) is 45.0 Å². The summed E-state index contributed by atoms with van der Waals surface area (Å²) >= 11 is 0. The van der Waals surface area contributed by atoms with Crippen LogP contribution in [0.15, 0.2) is 4.99 Å². The van der Waals surface area contributed by atoms with Crippen LogP contribution < -0.4 is 11.1 Å². The molecule has 1 fully saturated rings. The second-order valence-corrected chi connectivity index (χ2v) is 3.90. The molecule has 0 saturated carbocycles. The average molecular weight is 357 g/mol. The van der Waals surface area contributed by atoms with Crippen LogP contribution >= 0.6 is 24.0 Å². The van der Waals surface area contributed by atoms with Crippen molar-refractivity contribution in [3.63, 3.8) is 0 Å². The van der Waals surface area contributed by atoms with Crippen LogP contribution in [0.1, 0.15) is 26.2 Å². The second kappa shape index (κ2) is 11.0. The van der Waals surface area contributed by atoms with E-state index in [9.17, 15) is 0 Å². The lowest BCUT2D eigenvalue weighted by Gasteiger charge is -2.10. The maximum atomic E-state index is 5.64. The number of ether oxygens (including phenoxy) is 2. The minimum Gasteiger partial charge on any atom is -0.379 e. The maximum Gasteiger partial charge on any atom is 0.188 e. The summed E-state index contributed by atoms with van der Waals surface area (Å²) < 4.78 is 10.8. The molecule has 0 spiro atoms. The predicted octanol–water partition coefficient (Wildman–Crippen LogP) is 1.11. The van der Waals surface area contributed by atoms with E-state index in [4.69, 9.17) is 15.2 Å². The molecule has 102 valence electrons. The molecule has 1 unspecified atom stereocenters. The molecule has 0 aliphatic carbocycles. The average Bonchev–Trinajstić information content (AvgIpc) is 2.79. The molecule has 0 radical (unpaired) electrons. The van der Waals surface area contributed by atoms with E-state index in [1.54, 1.807) is 0 Å². The molecule has 1 aliphatic rings. The van der Waals surface area contributed by atoms with Gasteiger partial charge in [0.05, 0.1) is 12.7 Å². The summed E-state index contributed by atoms with van der Waals surface area (Å²) in [6, 6.07) is 0. The van der Waals surface area contributed by atoms with Gasteiger partial charge in [-0.2, -0.15) is 0 Å². The highest BCUT2D eigenvalue weighted by Crippen LogP contribution is 2.07. The van der Waals surface area contributed by atoms with Crippen molar-refractivity contribution in [1.82, 2.24) is 5.32 Å². The van der Waals surface area contributed by atoms with Gasteiger partial charge >= 0.3 is 0 Å². The Bertz CT molecular complexity index is 209. The van der Waals surface area contributed by atoms with Gasteiger partial charge in [0.25, 0.3) is 0 Å². The SMILES string of the molecule is CCCN=C(N)NCCCOC1CCOC1.I. The fourth-order valence-corrected chi connectivity index (χ4v) is 1.47. The molecule has 3 N–H and O–H groups in total. The Morgan fingerprint density at radius 3 is 3.06 bits per heavy atom. The van der Waals surface area contributed by atoms with Gasteiger partial charge in [-0.3, -0.25) is 4.99 Å². The third-order valence-corrected chi connectivity index (χ3v) is 2.37. The summed E-state index contributed by atoms with van der Waals surface area (Å²) in [5, 5.41) is 3.06. The zero-order chi connectivity index (χ0) is 11.6. The molecule has 17 heavy (non-hydrogen) atoms. The number of nitrogens with zero attached hydrogens (tertiary/aromatic N) is 1. The summed E-state index contributed by atoms with van der Waals surface area (Å²) in [5.41, 5.74) is 5.64. The van der Waals surface area contributed by atoms with Crippen LogP contribution in [0.25, 0.3) is 0 Å². The smallest absolute Gasteiger partial charge is 0.188 e. The van der Waals surface area contributed by atoms with Crippen molar-refractivity contribution in [1.29, 1.82) is 0 Å². The van der Waals surface area contributed by atoms with Crippen molar-refractivity contribution in [2.45, 2.75) is 32.3 Å². The van der Waals surface area contributed by atoms with Crippen molar-refractivity contribution >= 4 is 29.9 Å². The van der Waals surface area contributed by atoms with Crippen LogP contribution in [0, 0.1) is 0 Å². The molecule has 5 nitrogen and oxygen atoms in total. The van der Waals surface area contributed by atoms with Gasteiger partial charge in [0.1, 0.15) is 0 Å². The minimum atomic E-state index is 0. The van der Waals surface area contributed by atoms with Crippen molar-refractivity contribution in [2.24, 2.45) is 10.7 Å². The van der Waals surface area contributed by atoms with Gasteiger partial charge in [0.15, 0.2) is 5.96 Å². The quantitative estimate of drug-likeness (QED) is 0.310. The Morgan fingerprint density at radius 1 is 1.59 bits per heavy atom. The third-order valence-electron chi connectivity index (χ3n) is 2.37. The Labute approximate surface area is 121 Å². The highest BCUT2D eigenvalue weighted by atomic mass is 127. The van der Waals surface area contributed by atoms with Crippen LogP contribution in [0.4, 0.5) is 0 Å². The number of hydrogen-bond acceptors (Lipinski definition) is 3. The van der Waals surface area contributed by atoms with Gasteiger partial charge in [0, 0.05) is 26.3 Å². The van der Waals surface area contributed by atoms with Crippen LogP contribution in [0.2, 0.25) is 0 Å². The fraction of sp³-hybridized carbons (Fsp3) is 0.909. The molecule has 1 rings (SSSR count). The summed E-state index contributed by atoms with van der Waals surface area (Å²) in [4.78, 5) is 4.14. The molecule has 0 aromatic carbocycles. The number of hydrogen-bond donors (Lipinski definition) is 2. The predicted molar refractivity (Wildman–Crippen MR) is 80.0 cm³/mol. The van der Waals surface area contributed by atoms with E-state index in [1.807, 2.05) is 0 Å². The van der Waals surface area contributed by atoms with E-state index in [-0.39, 0.29) is 24.0 Å². The molecular weight excluding hydrogens is 333 g/mol. The summed E-state index contributed by atoms with van der Waals surface area (Å²) in [7, 11) is 0. The van der Waals surface area contributed by atoms with E-state index in [0.717, 1.165) is 52.2 Å². The van der Waals surface area contributed by atoms with Crippen molar-refractivity contribution in [2.75, 3.05) is 32.9 Å². The zero-order valence-electron chi connectivity index (χ0n) is 10.5. The fourth-order valence-electron chi connectivity index (χ4n) is 1.47. The van der Waals surface area contributed by atoms with Crippen LogP contribution in [-0.2, 0) is 9.47 Å².